The van der Waals surface area contributed by atoms with Crippen LogP contribution in [0.4, 0.5) is 5.69 Å². The number of hydrogen-bond acceptors (Lipinski definition) is 6. The molecule has 1 aromatic carbocycles. The van der Waals surface area contributed by atoms with E-state index < -0.39 is 28.4 Å². The second-order valence-corrected chi connectivity index (χ2v) is 3.38. The van der Waals surface area contributed by atoms with Crippen molar-refractivity contribution in [2.75, 3.05) is 7.11 Å². The highest BCUT2D eigenvalue weighted by molar-refractivity contribution is 5.76. The smallest absolute Gasteiger partial charge is 0.322 e. The topological polar surface area (TPSA) is 116 Å². The van der Waals surface area contributed by atoms with Crippen LogP contribution >= 0.6 is 0 Å². The number of nitrogens with two attached hydrogens (primary N) is 1. The van der Waals surface area contributed by atoms with Gasteiger partial charge in [-0.25, -0.2) is 0 Å². The molecule has 3 N–H and O–H groups in total. The fourth-order valence-electron chi connectivity index (χ4n) is 1.36. The van der Waals surface area contributed by atoms with Gasteiger partial charge < -0.3 is 15.6 Å². The molecule has 0 saturated heterocycles. The Balaban J connectivity index is 2.96. The van der Waals surface area contributed by atoms with Gasteiger partial charge in [0.15, 0.2) is 5.75 Å². The Labute approximate surface area is 97.0 Å². The van der Waals surface area contributed by atoms with E-state index in [1.54, 1.807) is 0 Å². The van der Waals surface area contributed by atoms with Crippen LogP contribution in [0.1, 0.15) is 5.56 Å². The first-order valence-electron chi connectivity index (χ1n) is 4.76. The molecule has 7 nitrogen and oxygen atoms in total. The van der Waals surface area contributed by atoms with E-state index in [9.17, 15) is 20.0 Å². The minimum Gasteiger partial charge on any atom is -0.502 e. The molecule has 0 fully saturated rings. The number of rotatable bonds is 4. The maximum Gasteiger partial charge on any atom is 0.322 e. The van der Waals surface area contributed by atoms with Gasteiger partial charge in [-0.3, -0.25) is 14.9 Å². The average Bonchev–Trinajstić information content (AvgIpc) is 2.30. The molecule has 0 bridgehead atoms. The largest absolute Gasteiger partial charge is 0.502 e. The number of para-hydroxylation sites is 1. The van der Waals surface area contributed by atoms with Crippen molar-refractivity contribution < 1.29 is 19.6 Å². The Morgan fingerprint density at radius 3 is 2.82 bits per heavy atom. The second kappa shape index (κ2) is 5.26. The molecule has 0 radical (unpaired) electrons. The van der Waals surface area contributed by atoms with Crippen LogP contribution in [0.25, 0.3) is 0 Å². The van der Waals surface area contributed by atoms with Gasteiger partial charge in [-0.1, -0.05) is 12.1 Å². The quantitative estimate of drug-likeness (QED) is 0.445. The van der Waals surface area contributed by atoms with Crippen molar-refractivity contribution in [1.29, 1.82) is 0 Å². The molecule has 0 saturated carbocycles. The Morgan fingerprint density at radius 2 is 2.29 bits per heavy atom. The van der Waals surface area contributed by atoms with Crippen molar-refractivity contribution in [3.8, 4) is 5.75 Å². The highest BCUT2D eigenvalue weighted by atomic mass is 16.6. The summed E-state index contributed by atoms with van der Waals surface area (Å²) in [5.74, 6) is -1.12. The maximum atomic E-state index is 11.1. The van der Waals surface area contributed by atoms with E-state index in [0.717, 1.165) is 0 Å². The fourth-order valence-corrected chi connectivity index (χ4v) is 1.36. The number of esters is 1. The first-order valence-corrected chi connectivity index (χ1v) is 4.76. The van der Waals surface area contributed by atoms with E-state index in [1.165, 1.54) is 25.3 Å². The van der Waals surface area contributed by atoms with Crippen LogP contribution in [0.2, 0.25) is 0 Å². The molecule has 0 aliphatic rings. The lowest BCUT2D eigenvalue weighted by Crippen LogP contribution is -2.33. The van der Waals surface area contributed by atoms with Crippen LogP contribution in [0.3, 0.4) is 0 Å². The van der Waals surface area contributed by atoms with Crippen LogP contribution in [-0.4, -0.2) is 29.2 Å². The van der Waals surface area contributed by atoms with E-state index >= 15 is 0 Å². The number of carbonyl (C=O) groups excluding carboxylic acids is 1. The zero-order chi connectivity index (χ0) is 13.0. The molecule has 7 heteroatoms. The van der Waals surface area contributed by atoms with Crippen molar-refractivity contribution >= 4 is 11.7 Å². The molecule has 17 heavy (non-hydrogen) atoms. The highest BCUT2D eigenvalue weighted by Gasteiger charge is 2.21. The Kier molecular flexibility index (Phi) is 4.00. The highest BCUT2D eigenvalue weighted by Crippen LogP contribution is 2.29. The molecular weight excluding hydrogens is 228 g/mol. The number of aromatic hydroxyl groups is 1. The maximum absolute atomic E-state index is 11.1. The first kappa shape index (κ1) is 12.9. The van der Waals surface area contributed by atoms with Gasteiger partial charge in [-0.2, -0.15) is 0 Å². The predicted molar refractivity (Wildman–Crippen MR) is 58.5 cm³/mol. The van der Waals surface area contributed by atoms with E-state index in [1.807, 2.05) is 0 Å². The zero-order valence-corrected chi connectivity index (χ0v) is 9.12. The average molecular weight is 240 g/mol. The number of phenols is 1. The van der Waals surface area contributed by atoms with Crippen molar-refractivity contribution in [3.63, 3.8) is 0 Å². The summed E-state index contributed by atoms with van der Waals surface area (Å²) in [5, 5.41) is 20.2. The molecular formula is C10H12N2O5. The van der Waals surface area contributed by atoms with Crippen molar-refractivity contribution in [3.05, 3.63) is 33.9 Å². The molecule has 92 valence electrons. The zero-order valence-electron chi connectivity index (χ0n) is 9.12. The summed E-state index contributed by atoms with van der Waals surface area (Å²) in [6, 6.07) is 3.08. The predicted octanol–water partition coefficient (Wildman–Crippen LogP) is 0.343. The van der Waals surface area contributed by atoms with Gasteiger partial charge >= 0.3 is 11.7 Å². The molecule has 1 aromatic rings. The Bertz CT molecular complexity index is 446. The number of nitro groups is 1. The van der Waals surface area contributed by atoms with Gasteiger partial charge in [-0.05, 0) is 0 Å². The number of hydrogen-bond donors (Lipinski definition) is 2. The van der Waals surface area contributed by atoms with E-state index in [-0.39, 0.29) is 12.0 Å². The summed E-state index contributed by atoms with van der Waals surface area (Å²) < 4.78 is 4.42. The third kappa shape index (κ3) is 2.91. The lowest BCUT2D eigenvalue weighted by atomic mass is 10.0. The van der Waals surface area contributed by atoms with E-state index in [2.05, 4.69) is 4.74 Å². The van der Waals surface area contributed by atoms with Crippen LogP contribution in [0.15, 0.2) is 18.2 Å². The summed E-state index contributed by atoms with van der Waals surface area (Å²) in [6.45, 7) is 0. The SMILES string of the molecule is COC(=O)[C@H](N)Cc1cccc([N+](=O)[O-])c1O. The molecule has 0 amide bonds. The number of nitro benzene ring substituents is 1. The molecule has 0 aromatic heterocycles. The molecule has 0 aliphatic carbocycles. The molecule has 0 spiro atoms. The van der Waals surface area contributed by atoms with E-state index in [4.69, 9.17) is 5.73 Å². The lowest BCUT2D eigenvalue weighted by Gasteiger charge is -2.10. The minimum atomic E-state index is -0.965. The molecule has 0 aliphatic heterocycles. The monoisotopic (exact) mass is 240 g/mol. The van der Waals surface area contributed by atoms with Crippen LogP contribution in [-0.2, 0) is 16.0 Å². The van der Waals surface area contributed by atoms with Crippen LogP contribution in [0, 0.1) is 10.1 Å². The minimum absolute atomic E-state index is 0.0276. The number of phenolic OH excluding ortho intramolecular Hbond substituents is 1. The summed E-state index contributed by atoms with van der Waals surface area (Å²) in [5.41, 5.74) is 5.32. The molecule has 0 heterocycles. The van der Waals surface area contributed by atoms with Gasteiger partial charge in [0.1, 0.15) is 6.04 Å². The Morgan fingerprint density at radius 1 is 1.65 bits per heavy atom. The van der Waals surface area contributed by atoms with Gasteiger partial charge in [0.25, 0.3) is 0 Å². The van der Waals surface area contributed by atoms with Crippen molar-refractivity contribution in [2.24, 2.45) is 5.73 Å². The summed E-state index contributed by atoms with van der Waals surface area (Å²) in [6.07, 6.45) is -0.0276. The lowest BCUT2D eigenvalue weighted by molar-refractivity contribution is -0.385. The second-order valence-electron chi connectivity index (χ2n) is 3.38. The number of nitrogens with zero attached hydrogens (tertiary/aromatic N) is 1. The normalized spacial score (nSPS) is 11.9. The fraction of sp³-hybridized carbons (Fsp3) is 0.300. The van der Waals surface area contributed by atoms with Crippen molar-refractivity contribution in [2.45, 2.75) is 12.5 Å². The molecule has 1 rings (SSSR count). The van der Waals surface area contributed by atoms with Crippen LogP contribution < -0.4 is 5.73 Å². The van der Waals surface area contributed by atoms with E-state index in [0.29, 0.717) is 0 Å². The number of carbonyl (C=O) groups is 1. The summed E-state index contributed by atoms with van der Waals surface area (Å²) in [4.78, 5) is 21.0. The van der Waals surface area contributed by atoms with Gasteiger partial charge in [0, 0.05) is 18.1 Å². The summed E-state index contributed by atoms with van der Waals surface area (Å²) >= 11 is 0. The third-order valence-electron chi connectivity index (χ3n) is 2.24. The number of benzene rings is 1. The Hall–Kier alpha value is -2.15. The number of ether oxygens (including phenoxy) is 1. The first-order chi connectivity index (χ1) is 7.97. The van der Waals surface area contributed by atoms with Gasteiger partial charge in [0.05, 0.1) is 12.0 Å². The van der Waals surface area contributed by atoms with Crippen LogP contribution in [0.5, 0.6) is 5.75 Å². The standard InChI is InChI=1S/C10H12N2O5/c1-17-10(14)7(11)5-6-3-2-4-8(9(6)13)12(15)16/h2-4,7,13H,5,11H2,1H3/t7-/m1/s1. The third-order valence-corrected chi connectivity index (χ3v) is 2.24. The van der Waals surface area contributed by atoms with Crippen molar-refractivity contribution in [1.82, 2.24) is 0 Å². The number of methoxy groups -OCH3 is 1. The van der Waals surface area contributed by atoms with Gasteiger partial charge in [0.2, 0.25) is 0 Å². The molecule has 0 unspecified atom stereocenters. The summed E-state index contributed by atoms with van der Waals surface area (Å²) in [7, 11) is 1.19. The van der Waals surface area contributed by atoms with Gasteiger partial charge in [-0.15, -0.1) is 0 Å². The molecule has 1 atom stereocenters.